The highest BCUT2D eigenvalue weighted by atomic mass is 32.2. The second-order valence-corrected chi connectivity index (χ2v) is 18.0. The molecule has 1 aliphatic heterocycles. The number of aliphatic hydroxyl groups is 2. The lowest BCUT2D eigenvalue weighted by molar-refractivity contribution is -0.140. The molecule has 0 radical (unpaired) electrons. The minimum absolute atomic E-state index is 0.00174. The lowest BCUT2D eigenvalue weighted by Crippen LogP contribution is -2.46. The van der Waals surface area contributed by atoms with E-state index in [4.69, 9.17) is 24.6 Å². The highest BCUT2D eigenvalue weighted by Crippen LogP contribution is 2.61. The van der Waals surface area contributed by atoms with Crippen LogP contribution in [-0.4, -0.2) is 140 Å². The number of carbonyl (C=O) groups excluding carboxylic acids is 4. The summed E-state index contributed by atoms with van der Waals surface area (Å²) in [5.41, 5.74) is 4.16. The van der Waals surface area contributed by atoms with Gasteiger partial charge >= 0.3 is 29.4 Å². The molecular formula is C26H40N7O20P3S. The number of hydrogen-bond acceptors (Lipinski definition) is 20. The van der Waals surface area contributed by atoms with E-state index in [1.54, 1.807) is 0 Å². The van der Waals surface area contributed by atoms with Crippen molar-refractivity contribution < 1.29 is 95.2 Å². The molecule has 2 aromatic heterocycles. The van der Waals surface area contributed by atoms with Gasteiger partial charge in [0.1, 0.15) is 42.7 Å². The van der Waals surface area contributed by atoms with Crippen molar-refractivity contribution in [3.63, 3.8) is 0 Å². The topological polar surface area (TPSA) is 418 Å². The Kier molecular flexibility index (Phi) is 17.0. The minimum Gasteiger partial charge on any atom is -0.481 e. The number of nitrogens with two attached hydrogens (primary N) is 1. The Balaban J connectivity index is 1.47. The summed E-state index contributed by atoms with van der Waals surface area (Å²) < 4.78 is 61.9. The van der Waals surface area contributed by atoms with Gasteiger partial charge in [0, 0.05) is 30.7 Å². The smallest absolute Gasteiger partial charge is 0.481 e. The maximum Gasteiger partial charge on any atom is 0.481 e. The predicted octanol–water partition coefficient (Wildman–Crippen LogP) is -1.90. The normalized spacial score (nSPS) is 21.3. The number of ketones is 1. The van der Waals surface area contributed by atoms with Crippen LogP contribution in [0, 0.1) is 5.41 Å². The van der Waals surface area contributed by atoms with Gasteiger partial charge in [0.25, 0.3) is 0 Å². The number of fused-ring (bicyclic) bond motifs is 1. The summed E-state index contributed by atoms with van der Waals surface area (Å²) in [7, 11) is -16.5. The number of carboxylic acid groups (broad SMARTS) is 1. The fourth-order valence-electron chi connectivity index (χ4n) is 4.74. The number of rotatable bonds is 23. The first-order valence-corrected chi connectivity index (χ1v) is 21.6. The van der Waals surface area contributed by atoms with Gasteiger partial charge in [-0.15, -0.1) is 0 Å². The molecule has 27 nitrogen and oxygen atoms in total. The van der Waals surface area contributed by atoms with Gasteiger partial charge in [-0.2, -0.15) is 4.31 Å². The summed E-state index contributed by atoms with van der Waals surface area (Å²) in [6, 6.07) is 0. The number of phosphoric ester groups is 3. The molecule has 2 unspecified atom stereocenters. The van der Waals surface area contributed by atoms with Gasteiger partial charge in [-0.25, -0.2) is 28.6 Å². The van der Waals surface area contributed by atoms with Crippen molar-refractivity contribution in [2.45, 2.75) is 63.8 Å². The van der Waals surface area contributed by atoms with Crippen molar-refractivity contribution in [1.29, 1.82) is 0 Å². The molecule has 0 saturated carbocycles. The molecule has 2 amide bonds. The van der Waals surface area contributed by atoms with Gasteiger partial charge in [-0.05, 0) is 0 Å². The zero-order valence-electron chi connectivity index (χ0n) is 29.8. The third-order valence-corrected chi connectivity index (χ3v) is 11.4. The first-order chi connectivity index (χ1) is 26.3. The highest BCUT2D eigenvalue weighted by Gasteiger charge is 2.50. The quantitative estimate of drug-likeness (QED) is 0.0331. The maximum atomic E-state index is 12.7. The average molecular weight is 896 g/mol. The Morgan fingerprint density at radius 1 is 1.02 bits per heavy atom. The van der Waals surface area contributed by atoms with Gasteiger partial charge in [0.05, 0.1) is 26.0 Å². The Labute approximate surface area is 325 Å². The summed E-state index contributed by atoms with van der Waals surface area (Å²) in [5, 5.41) is 34.1. The van der Waals surface area contributed by atoms with Gasteiger partial charge in [-0.1, -0.05) is 25.6 Å². The summed E-state index contributed by atoms with van der Waals surface area (Å²) in [6.07, 6.45) is -8.56. The van der Waals surface area contributed by atoms with Crippen LogP contribution in [0.15, 0.2) is 12.7 Å². The van der Waals surface area contributed by atoms with Crippen LogP contribution in [0.3, 0.4) is 0 Å². The number of nitrogens with one attached hydrogen (secondary N) is 2. The third-order valence-electron chi connectivity index (χ3n) is 7.45. The van der Waals surface area contributed by atoms with E-state index in [0.717, 1.165) is 17.2 Å². The molecule has 3 rings (SSSR count). The lowest BCUT2D eigenvalue weighted by Gasteiger charge is -2.30. The summed E-state index contributed by atoms with van der Waals surface area (Å²) in [4.78, 5) is 109. The molecule has 0 bridgehead atoms. The van der Waals surface area contributed by atoms with Gasteiger partial charge in [-0.3, -0.25) is 42.1 Å². The summed E-state index contributed by atoms with van der Waals surface area (Å²) in [6.45, 7) is 0.0342. The zero-order chi connectivity index (χ0) is 42.9. The Morgan fingerprint density at radius 2 is 1.68 bits per heavy atom. The molecule has 0 spiro atoms. The number of phosphoric acid groups is 3. The number of nitrogen functional groups attached to an aromatic ring is 1. The number of ether oxygens (including phenoxy) is 1. The van der Waals surface area contributed by atoms with Crippen LogP contribution in [0.25, 0.3) is 11.2 Å². The third kappa shape index (κ3) is 15.1. The molecule has 0 aromatic carbocycles. The fraction of sp³-hybridized carbons (Fsp3) is 0.615. The molecule has 31 heteroatoms. The number of aromatic nitrogens is 4. The molecule has 320 valence electrons. The van der Waals surface area contributed by atoms with E-state index in [1.165, 1.54) is 13.8 Å². The molecule has 1 aliphatic rings. The maximum absolute atomic E-state index is 12.7. The van der Waals surface area contributed by atoms with E-state index in [1.807, 2.05) is 0 Å². The first kappa shape index (κ1) is 48.1. The molecule has 2 aromatic rings. The number of amides is 2. The van der Waals surface area contributed by atoms with Crippen LogP contribution in [0.2, 0.25) is 0 Å². The van der Waals surface area contributed by atoms with E-state index in [-0.39, 0.29) is 42.2 Å². The van der Waals surface area contributed by atoms with Crippen molar-refractivity contribution in [1.82, 2.24) is 30.2 Å². The van der Waals surface area contributed by atoms with Crippen LogP contribution in [0.4, 0.5) is 5.82 Å². The summed E-state index contributed by atoms with van der Waals surface area (Å²) in [5.74, 6) is -3.72. The summed E-state index contributed by atoms with van der Waals surface area (Å²) >= 11 is 0.712. The molecule has 0 aliphatic carbocycles. The van der Waals surface area contributed by atoms with E-state index in [0.29, 0.717) is 11.8 Å². The molecule has 1 saturated heterocycles. The SMILES string of the molecule is CC(C)(COP(=O)(O)OP(=O)(O)OC[C@H]1O[C@@H](n2cnc3c(N)ncnc32)[C@H](O)[C@@H]1OP(=O)(O)O)[C@@H](O)C(=O)NCCC(=O)NCCSC(=O)CC(=O)CC(=O)O. The Bertz CT molecular complexity index is 1950. The number of carboxylic acids is 1. The number of nitrogens with zero attached hydrogens (tertiary/aromatic N) is 4. The Morgan fingerprint density at radius 3 is 2.33 bits per heavy atom. The number of thioether (sulfide) groups is 1. The molecule has 3 heterocycles. The fourth-order valence-corrected chi connectivity index (χ4v) is 8.26. The molecular weight excluding hydrogens is 855 g/mol. The van der Waals surface area contributed by atoms with Crippen LogP contribution >= 0.6 is 35.2 Å². The molecule has 57 heavy (non-hydrogen) atoms. The number of aliphatic hydroxyl groups excluding tert-OH is 2. The van der Waals surface area contributed by atoms with Crippen molar-refractivity contribution in [3.8, 4) is 0 Å². The molecule has 11 N–H and O–H groups in total. The number of carbonyl (C=O) groups is 5. The van der Waals surface area contributed by atoms with Crippen LogP contribution in [0.1, 0.15) is 39.3 Å². The van der Waals surface area contributed by atoms with Crippen molar-refractivity contribution in [2.24, 2.45) is 5.41 Å². The van der Waals surface area contributed by atoms with Crippen molar-refractivity contribution in [2.75, 3.05) is 37.8 Å². The Hall–Kier alpha value is -3.30. The van der Waals surface area contributed by atoms with Crippen LogP contribution in [0.5, 0.6) is 0 Å². The molecule has 7 atom stereocenters. The zero-order valence-corrected chi connectivity index (χ0v) is 33.3. The van der Waals surface area contributed by atoms with Gasteiger partial charge in [0.15, 0.2) is 28.6 Å². The second kappa shape index (κ2) is 20.1. The standard InChI is InChI=1S/C26H40N7O20P3S/c1-26(2,21(40)24(41)29-4-3-15(35)28-5-6-57-17(38)8-13(34)7-16(36)37)10-50-56(47,48)53-55(45,46)49-9-14-20(52-54(42,43)44)19(39)25(51-14)33-12-32-18-22(27)30-11-31-23(18)33/h11-12,14,19-21,25,39-40H,3-10H2,1-2H3,(H,28,35)(H,29,41)(H,36,37)(H,45,46)(H,47,48)(H2,27,30,31)(H2,42,43,44)/t14-,19-,20-,21+,25-/m1/s1. The van der Waals surface area contributed by atoms with Gasteiger partial charge in [0.2, 0.25) is 11.8 Å². The number of hydrogen-bond donors (Lipinski definition) is 10. The number of anilines is 1. The van der Waals surface area contributed by atoms with E-state index in [2.05, 4.69) is 34.4 Å². The van der Waals surface area contributed by atoms with Crippen LogP contribution in [-0.2, 0) is 60.3 Å². The number of imidazole rings is 1. The lowest BCUT2D eigenvalue weighted by atomic mass is 9.87. The molecule has 1 fully saturated rings. The van der Waals surface area contributed by atoms with Crippen molar-refractivity contribution in [3.05, 3.63) is 12.7 Å². The van der Waals surface area contributed by atoms with Gasteiger partial charge < -0.3 is 56.0 Å². The predicted molar refractivity (Wildman–Crippen MR) is 189 cm³/mol. The highest BCUT2D eigenvalue weighted by molar-refractivity contribution is 8.13. The number of Topliss-reactive ketones (excluding diaryl/α,β-unsaturated/α-hetero) is 1. The van der Waals surface area contributed by atoms with E-state index in [9.17, 15) is 67.5 Å². The van der Waals surface area contributed by atoms with Crippen LogP contribution < -0.4 is 16.4 Å². The van der Waals surface area contributed by atoms with E-state index < -0.39 is 114 Å². The number of aliphatic carboxylic acids is 1. The van der Waals surface area contributed by atoms with E-state index >= 15 is 0 Å². The first-order valence-electron chi connectivity index (χ1n) is 16.1. The second-order valence-electron chi connectivity index (χ2n) is 12.6. The minimum atomic E-state index is -5.60. The largest absolute Gasteiger partial charge is 0.481 e. The van der Waals surface area contributed by atoms with Crippen molar-refractivity contribution >= 4 is 80.9 Å². The monoisotopic (exact) mass is 895 g/mol. The average Bonchev–Trinajstić information content (AvgIpc) is 3.64.